The molecule has 1 aromatic heterocycles. The van der Waals surface area contributed by atoms with Crippen LogP contribution >= 0.6 is 0 Å². The molecule has 0 aliphatic carbocycles. The molecule has 4 atom stereocenters. The lowest BCUT2D eigenvalue weighted by atomic mass is 9.98. The van der Waals surface area contributed by atoms with Crippen molar-refractivity contribution in [1.29, 1.82) is 0 Å². The zero-order chi connectivity index (χ0) is 20.9. The highest BCUT2D eigenvalue weighted by Gasteiger charge is 2.39. The van der Waals surface area contributed by atoms with Crippen LogP contribution in [0.25, 0.3) is 11.4 Å². The molecule has 0 saturated carbocycles. The second kappa shape index (κ2) is 7.23. The summed E-state index contributed by atoms with van der Waals surface area (Å²) in [5.41, 5.74) is 3.41. The minimum absolute atomic E-state index is 0.263. The zero-order valence-corrected chi connectivity index (χ0v) is 17.3. The summed E-state index contributed by atoms with van der Waals surface area (Å²) >= 11 is 0. The lowest BCUT2D eigenvalue weighted by Gasteiger charge is -2.36. The van der Waals surface area contributed by atoms with Gasteiger partial charge in [-0.25, -0.2) is 14.4 Å². The van der Waals surface area contributed by atoms with E-state index in [9.17, 15) is 4.39 Å². The second-order valence-electron chi connectivity index (χ2n) is 8.68. The monoisotopic (exact) mass is 420 g/mol. The number of benzene rings is 1. The van der Waals surface area contributed by atoms with Gasteiger partial charge in [0.2, 0.25) is 5.95 Å². The maximum Gasteiger partial charge on any atom is 0.254 e. The number of nitrogens with zero attached hydrogens (tertiary/aromatic N) is 4. The molecule has 8 heteroatoms. The summed E-state index contributed by atoms with van der Waals surface area (Å²) in [4.78, 5) is 13.9. The molecule has 7 nitrogen and oxygen atoms in total. The summed E-state index contributed by atoms with van der Waals surface area (Å²) in [7, 11) is 2.24. The molecule has 2 N–H and O–H groups in total. The molecule has 2 bridgehead atoms. The number of anilines is 1. The van der Waals surface area contributed by atoms with Crippen LogP contribution in [0.2, 0.25) is 0 Å². The highest BCUT2D eigenvalue weighted by molar-refractivity contribution is 5.90. The van der Waals surface area contributed by atoms with Crippen LogP contribution in [0, 0.1) is 5.82 Å². The maximum atomic E-state index is 13.5. The van der Waals surface area contributed by atoms with E-state index in [0.717, 1.165) is 35.5 Å². The number of piperidine rings is 1. The quantitative estimate of drug-likeness (QED) is 0.788. The first kappa shape index (κ1) is 18.6. The third kappa shape index (κ3) is 3.22. The summed E-state index contributed by atoms with van der Waals surface area (Å²) in [6.45, 7) is 0. The van der Waals surface area contributed by atoms with Crippen molar-refractivity contribution < 1.29 is 9.13 Å². The molecule has 2 fully saturated rings. The molecule has 4 aliphatic rings. The van der Waals surface area contributed by atoms with Crippen LogP contribution in [0.5, 0.6) is 0 Å². The summed E-state index contributed by atoms with van der Waals surface area (Å²) in [5, 5.41) is 6.95. The number of hydrogen-bond acceptors (Lipinski definition) is 7. The van der Waals surface area contributed by atoms with Gasteiger partial charge < -0.3 is 20.3 Å². The molecule has 2 saturated heterocycles. The number of hydrogen-bond donors (Lipinski definition) is 2. The molecule has 2 aromatic rings. The van der Waals surface area contributed by atoms with Crippen molar-refractivity contribution in [3.8, 4) is 0 Å². The molecule has 6 rings (SSSR count). The van der Waals surface area contributed by atoms with Gasteiger partial charge in [0.15, 0.2) is 0 Å². The third-order valence-corrected chi connectivity index (χ3v) is 6.91. The van der Waals surface area contributed by atoms with Crippen LogP contribution in [0.15, 0.2) is 49.0 Å². The molecule has 31 heavy (non-hydrogen) atoms. The molecule has 1 aromatic carbocycles. The van der Waals surface area contributed by atoms with Gasteiger partial charge in [-0.2, -0.15) is 0 Å². The lowest BCUT2D eigenvalue weighted by molar-refractivity contribution is 0.0848. The van der Waals surface area contributed by atoms with Crippen LogP contribution in [-0.4, -0.2) is 51.3 Å². The summed E-state index contributed by atoms with van der Waals surface area (Å²) in [5.74, 6) is 0.381. The Morgan fingerprint density at radius 3 is 2.68 bits per heavy atom. The average Bonchev–Trinajstić information content (AvgIpc) is 3.40. The number of fused-ring (bicyclic) bond motifs is 3. The molecule has 160 valence electrons. The predicted octanol–water partition coefficient (Wildman–Crippen LogP) is 3.17. The van der Waals surface area contributed by atoms with Gasteiger partial charge >= 0.3 is 0 Å². The van der Waals surface area contributed by atoms with E-state index in [2.05, 4.69) is 27.6 Å². The predicted molar refractivity (Wildman–Crippen MR) is 115 cm³/mol. The van der Waals surface area contributed by atoms with Crippen molar-refractivity contribution in [2.45, 2.75) is 50.2 Å². The first-order valence-corrected chi connectivity index (χ1v) is 10.8. The van der Waals surface area contributed by atoms with E-state index >= 15 is 0 Å². The fourth-order valence-corrected chi connectivity index (χ4v) is 5.30. The Kier molecular flexibility index (Phi) is 4.34. The van der Waals surface area contributed by atoms with Crippen molar-refractivity contribution >= 4 is 17.3 Å². The highest BCUT2D eigenvalue weighted by atomic mass is 19.1. The number of ether oxygens (including phenoxy) is 1. The normalized spacial score (nSPS) is 29.2. The molecule has 0 spiro atoms. The van der Waals surface area contributed by atoms with E-state index in [1.54, 1.807) is 24.6 Å². The standard InChI is InChI=1S/C23H25FN6O/c1-29-17-6-7-18(29)13-16(12-17)26-22-25-9-8-19(27-22)21-20(14-2-4-15(24)5-3-14)28-23-30(21)10-11-31-23/h2-5,8-11,16-18,23,28H,6-7,12-13H2,1H3,(H,25,26,27)/t16?,17-,18+,23?. The van der Waals surface area contributed by atoms with Gasteiger partial charge in [-0.05, 0) is 63.1 Å². The Morgan fingerprint density at radius 2 is 1.90 bits per heavy atom. The largest absolute Gasteiger partial charge is 0.458 e. The van der Waals surface area contributed by atoms with E-state index < -0.39 is 0 Å². The zero-order valence-electron chi connectivity index (χ0n) is 17.3. The number of rotatable bonds is 4. The fraction of sp³-hybridized carbons (Fsp3) is 0.391. The van der Waals surface area contributed by atoms with Crippen LogP contribution in [0.1, 0.15) is 36.9 Å². The Hall–Kier alpha value is -3.13. The van der Waals surface area contributed by atoms with Gasteiger partial charge in [0.05, 0.1) is 17.1 Å². The van der Waals surface area contributed by atoms with Crippen molar-refractivity contribution in [2.75, 3.05) is 12.4 Å². The smallest absolute Gasteiger partial charge is 0.254 e. The summed E-state index contributed by atoms with van der Waals surface area (Å²) in [6.07, 6.45) is 9.81. The van der Waals surface area contributed by atoms with E-state index in [-0.39, 0.29) is 12.2 Å². The molecule has 2 unspecified atom stereocenters. The van der Waals surface area contributed by atoms with E-state index in [1.807, 2.05) is 17.2 Å². The second-order valence-corrected chi connectivity index (χ2v) is 8.68. The topological polar surface area (TPSA) is 65.6 Å². The Labute approximate surface area is 180 Å². The van der Waals surface area contributed by atoms with Crippen molar-refractivity contribution in [1.82, 2.24) is 25.1 Å². The summed E-state index contributed by atoms with van der Waals surface area (Å²) in [6, 6.07) is 10.0. The molecule has 0 radical (unpaired) electrons. The fourth-order valence-electron chi connectivity index (χ4n) is 5.30. The molecule has 5 heterocycles. The number of nitrogens with one attached hydrogen (secondary N) is 2. The van der Waals surface area contributed by atoms with Crippen LogP contribution in [0.4, 0.5) is 10.3 Å². The van der Waals surface area contributed by atoms with Gasteiger partial charge in [0, 0.05) is 36.1 Å². The maximum absolute atomic E-state index is 13.5. The number of aromatic nitrogens is 2. The summed E-state index contributed by atoms with van der Waals surface area (Å²) < 4.78 is 19.1. The Morgan fingerprint density at radius 1 is 1.13 bits per heavy atom. The van der Waals surface area contributed by atoms with Gasteiger partial charge in [-0.15, -0.1) is 0 Å². The van der Waals surface area contributed by atoms with E-state index in [1.165, 1.54) is 25.0 Å². The van der Waals surface area contributed by atoms with Gasteiger partial charge in [0.25, 0.3) is 6.35 Å². The number of halogens is 1. The van der Waals surface area contributed by atoms with Crippen LogP contribution in [-0.2, 0) is 4.74 Å². The first-order chi connectivity index (χ1) is 15.2. The average molecular weight is 420 g/mol. The van der Waals surface area contributed by atoms with Gasteiger partial charge in [-0.1, -0.05) is 0 Å². The minimum atomic E-state index is -0.328. The lowest BCUT2D eigenvalue weighted by Crippen LogP contribution is -2.44. The van der Waals surface area contributed by atoms with Crippen LogP contribution in [0.3, 0.4) is 0 Å². The van der Waals surface area contributed by atoms with E-state index in [0.29, 0.717) is 24.1 Å². The first-order valence-electron chi connectivity index (χ1n) is 10.8. The van der Waals surface area contributed by atoms with Crippen molar-refractivity contribution in [2.24, 2.45) is 0 Å². The Balaban J connectivity index is 1.31. The molecular weight excluding hydrogens is 395 g/mol. The Bertz CT molecular complexity index is 1040. The van der Waals surface area contributed by atoms with Crippen LogP contribution < -0.4 is 10.6 Å². The highest BCUT2D eigenvalue weighted by Crippen LogP contribution is 2.38. The SMILES string of the molecule is CN1[C@@H]2CC[C@H]1CC(Nc1nccc(C3=C(c4ccc(F)cc4)NC4OC=CN34)n1)C2. The van der Waals surface area contributed by atoms with Gasteiger partial charge in [-0.3, -0.25) is 4.90 Å². The third-order valence-electron chi connectivity index (χ3n) is 6.91. The minimum Gasteiger partial charge on any atom is -0.458 e. The molecule has 4 aliphatic heterocycles. The molecular formula is C23H25FN6O. The van der Waals surface area contributed by atoms with Crippen molar-refractivity contribution in [3.05, 3.63) is 66.1 Å². The van der Waals surface area contributed by atoms with Crippen molar-refractivity contribution in [3.63, 3.8) is 0 Å². The van der Waals surface area contributed by atoms with E-state index in [4.69, 9.17) is 9.72 Å². The van der Waals surface area contributed by atoms with Gasteiger partial charge in [0.1, 0.15) is 12.1 Å². The molecule has 0 amide bonds.